The monoisotopic (exact) mass is 263 g/mol. The number of nitrogens with zero attached hydrogens (tertiary/aromatic N) is 2. The van der Waals surface area contributed by atoms with Gasteiger partial charge in [0.15, 0.2) is 0 Å². The Labute approximate surface area is 113 Å². The van der Waals surface area contributed by atoms with Gasteiger partial charge in [-0.3, -0.25) is 14.8 Å². The largest absolute Gasteiger partial charge is 0.480 e. The van der Waals surface area contributed by atoms with Crippen molar-refractivity contribution < 1.29 is 9.90 Å². The predicted molar refractivity (Wildman–Crippen MR) is 70.9 cm³/mol. The number of carbonyl (C=O) groups is 1. The fourth-order valence-corrected chi connectivity index (χ4v) is 2.84. The van der Waals surface area contributed by atoms with Crippen molar-refractivity contribution in [3.63, 3.8) is 0 Å². The Kier molecular flexibility index (Phi) is 2.89. The lowest BCUT2D eigenvalue weighted by Crippen LogP contribution is -2.58. The quantitative estimate of drug-likeness (QED) is 0.816. The normalized spacial score (nSPS) is 22.2. The lowest BCUT2D eigenvalue weighted by atomic mass is 9.92. The van der Waals surface area contributed by atoms with Crippen LogP contribution in [0.25, 0.3) is 0 Å². The smallest absolute Gasteiger partial charge is 0.326 e. The van der Waals surface area contributed by atoms with Gasteiger partial charge in [0.05, 0.1) is 12.2 Å². The molecular weight excluding hydrogens is 242 g/mol. The maximum Gasteiger partial charge on any atom is 0.326 e. The average Bonchev–Trinajstić information content (AvgIpc) is 3.20. The van der Waals surface area contributed by atoms with Crippen molar-refractivity contribution in [3.05, 3.63) is 17.5 Å². The van der Waals surface area contributed by atoms with Gasteiger partial charge in [-0.25, -0.2) is 0 Å². The first kappa shape index (κ1) is 12.7. The standard InChI is InChI=1S/C14H21N3O2/c1-9-7-10(2)17(16-9)8-14(13(18)19,11-3-4-11)15-12-5-6-12/h7,11-12,15H,3-6,8H2,1-2H3,(H,18,19). The maximum atomic E-state index is 11.9. The lowest BCUT2D eigenvalue weighted by molar-refractivity contribution is -0.147. The molecule has 19 heavy (non-hydrogen) atoms. The third-order valence-corrected chi connectivity index (χ3v) is 4.20. The number of aliphatic carboxylic acids is 1. The van der Waals surface area contributed by atoms with Crippen molar-refractivity contribution in [1.82, 2.24) is 15.1 Å². The van der Waals surface area contributed by atoms with Gasteiger partial charge < -0.3 is 5.11 Å². The van der Waals surface area contributed by atoms with E-state index in [9.17, 15) is 9.90 Å². The molecule has 1 atom stereocenters. The van der Waals surface area contributed by atoms with E-state index in [2.05, 4.69) is 10.4 Å². The number of rotatable bonds is 6. The SMILES string of the molecule is Cc1cc(C)n(CC(NC2CC2)(C(=O)O)C2CC2)n1. The summed E-state index contributed by atoms with van der Waals surface area (Å²) in [4.78, 5) is 11.9. The van der Waals surface area contributed by atoms with E-state index in [-0.39, 0.29) is 5.92 Å². The highest BCUT2D eigenvalue weighted by molar-refractivity contribution is 5.80. The van der Waals surface area contributed by atoms with Crippen molar-refractivity contribution in [2.75, 3.05) is 0 Å². The molecule has 0 spiro atoms. The first-order valence-electron chi connectivity index (χ1n) is 7.03. The van der Waals surface area contributed by atoms with Crippen LogP contribution in [0.5, 0.6) is 0 Å². The number of aromatic nitrogens is 2. The molecule has 2 aliphatic carbocycles. The van der Waals surface area contributed by atoms with Gasteiger partial charge in [-0.15, -0.1) is 0 Å². The van der Waals surface area contributed by atoms with Crippen LogP contribution in [0.4, 0.5) is 0 Å². The number of nitrogens with one attached hydrogen (secondary N) is 1. The van der Waals surface area contributed by atoms with Crippen molar-refractivity contribution in [2.24, 2.45) is 5.92 Å². The third kappa shape index (κ3) is 2.39. The molecule has 0 radical (unpaired) electrons. The summed E-state index contributed by atoms with van der Waals surface area (Å²) in [5.74, 6) is -0.482. The van der Waals surface area contributed by atoms with Crippen LogP contribution in [-0.4, -0.2) is 32.4 Å². The maximum absolute atomic E-state index is 11.9. The van der Waals surface area contributed by atoms with Gasteiger partial charge in [0, 0.05) is 11.7 Å². The molecular formula is C14H21N3O2. The van der Waals surface area contributed by atoms with Gasteiger partial charge in [-0.2, -0.15) is 5.10 Å². The van der Waals surface area contributed by atoms with Crippen LogP contribution in [0.15, 0.2) is 6.07 Å². The van der Waals surface area contributed by atoms with E-state index in [1.165, 1.54) is 0 Å². The molecule has 0 aliphatic heterocycles. The molecule has 104 valence electrons. The molecule has 2 fully saturated rings. The Balaban J connectivity index is 1.89. The highest BCUT2D eigenvalue weighted by Crippen LogP contribution is 2.42. The van der Waals surface area contributed by atoms with Crippen LogP contribution in [0.1, 0.15) is 37.1 Å². The molecule has 2 saturated carbocycles. The van der Waals surface area contributed by atoms with Gasteiger partial charge in [0.25, 0.3) is 0 Å². The Morgan fingerprint density at radius 2 is 2.16 bits per heavy atom. The summed E-state index contributed by atoms with van der Waals surface area (Å²) in [6.45, 7) is 4.36. The van der Waals surface area contributed by atoms with E-state index in [1.807, 2.05) is 24.6 Å². The van der Waals surface area contributed by atoms with Crippen LogP contribution in [0.3, 0.4) is 0 Å². The van der Waals surface area contributed by atoms with E-state index in [0.29, 0.717) is 12.6 Å². The van der Waals surface area contributed by atoms with Crippen molar-refractivity contribution >= 4 is 5.97 Å². The topological polar surface area (TPSA) is 67.2 Å². The molecule has 2 N–H and O–H groups in total. The minimum absolute atomic E-state index is 0.245. The Bertz CT molecular complexity index is 503. The number of hydrogen-bond donors (Lipinski definition) is 2. The van der Waals surface area contributed by atoms with Gasteiger partial charge in [-0.1, -0.05) is 0 Å². The summed E-state index contributed by atoms with van der Waals surface area (Å²) in [5, 5.41) is 17.6. The van der Waals surface area contributed by atoms with Gasteiger partial charge >= 0.3 is 5.97 Å². The van der Waals surface area contributed by atoms with Gasteiger partial charge in [0.1, 0.15) is 5.54 Å². The van der Waals surface area contributed by atoms with Crippen molar-refractivity contribution in [2.45, 2.75) is 57.7 Å². The minimum atomic E-state index is -0.829. The average molecular weight is 263 g/mol. The van der Waals surface area contributed by atoms with Crippen molar-refractivity contribution in [1.29, 1.82) is 0 Å². The summed E-state index contributed by atoms with van der Waals surface area (Å²) >= 11 is 0. The summed E-state index contributed by atoms with van der Waals surface area (Å²) in [6, 6.07) is 2.38. The molecule has 1 aromatic heterocycles. The molecule has 0 saturated heterocycles. The molecule has 2 aliphatic rings. The van der Waals surface area contributed by atoms with E-state index in [4.69, 9.17) is 0 Å². The van der Waals surface area contributed by atoms with Crippen LogP contribution in [0, 0.1) is 19.8 Å². The summed E-state index contributed by atoms with van der Waals surface area (Å²) in [7, 11) is 0. The van der Waals surface area contributed by atoms with Crippen LogP contribution in [0.2, 0.25) is 0 Å². The van der Waals surface area contributed by atoms with Gasteiger partial charge in [-0.05, 0) is 51.5 Å². The fourth-order valence-electron chi connectivity index (χ4n) is 2.84. The van der Waals surface area contributed by atoms with E-state index < -0.39 is 11.5 Å². The number of aryl methyl sites for hydroxylation is 2. The summed E-state index contributed by atoms with van der Waals surface area (Å²) < 4.78 is 1.84. The zero-order chi connectivity index (χ0) is 13.6. The van der Waals surface area contributed by atoms with E-state index >= 15 is 0 Å². The fraction of sp³-hybridized carbons (Fsp3) is 0.714. The number of carboxylic acids is 1. The Morgan fingerprint density at radius 3 is 2.58 bits per heavy atom. The second kappa shape index (κ2) is 4.34. The molecule has 0 bridgehead atoms. The zero-order valence-corrected chi connectivity index (χ0v) is 11.5. The first-order valence-corrected chi connectivity index (χ1v) is 7.03. The predicted octanol–water partition coefficient (Wildman–Crippen LogP) is 1.49. The van der Waals surface area contributed by atoms with E-state index in [1.54, 1.807) is 0 Å². The highest BCUT2D eigenvalue weighted by atomic mass is 16.4. The Hall–Kier alpha value is -1.36. The molecule has 1 unspecified atom stereocenters. The first-order chi connectivity index (χ1) is 9.01. The van der Waals surface area contributed by atoms with Crippen LogP contribution in [-0.2, 0) is 11.3 Å². The van der Waals surface area contributed by atoms with Crippen LogP contribution < -0.4 is 5.32 Å². The van der Waals surface area contributed by atoms with Crippen LogP contribution >= 0.6 is 0 Å². The number of hydrogen-bond acceptors (Lipinski definition) is 3. The molecule has 5 nitrogen and oxygen atoms in total. The zero-order valence-electron chi connectivity index (χ0n) is 11.5. The molecule has 3 rings (SSSR count). The molecule has 0 amide bonds. The van der Waals surface area contributed by atoms with E-state index in [0.717, 1.165) is 37.1 Å². The molecule has 0 aromatic carbocycles. The highest BCUT2D eigenvalue weighted by Gasteiger charge is 2.53. The third-order valence-electron chi connectivity index (χ3n) is 4.20. The number of carboxylic acid groups (broad SMARTS) is 1. The Morgan fingerprint density at radius 1 is 1.47 bits per heavy atom. The molecule has 1 aromatic rings. The second-order valence-corrected chi connectivity index (χ2v) is 6.05. The second-order valence-electron chi connectivity index (χ2n) is 6.05. The van der Waals surface area contributed by atoms with Gasteiger partial charge in [0.2, 0.25) is 0 Å². The summed E-state index contributed by atoms with van der Waals surface area (Å²) in [6.07, 6.45) is 4.20. The summed E-state index contributed by atoms with van der Waals surface area (Å²) in [5.41, 5.74) is 1.14. The molecule has 5 heteroatoms. The lowest BCUT2D eigenvalue weighted by Gasteiger charge is -2.31. The minimum Gasteiger partial charge on any atom is -0.480 e. The van der Waals surface area contributed by atoms with Crippen molar-refractivity contribution in [3.8, 4) is 0 Å². The molecule has 1 heterocycles.